The summed E-state index contributed by atoms with van der Waals surface area (Å²) in [7, 11) is 1.88. The van der Waals surface area contributed by atoms with Gasteiger partial charge in [-0.05, 0) is 24.3 Å². The molecule has 3 N–H and O–H groups in total. The molecule has 3 rings (SSSR count). The molecule has 2 aromatic heterocycles. The standard InChI is InChI=1S/C15H14N6O2/c1-21(11-4-2-9(8-22)3-5-11)7-10-6-17-13-12(18-10)14(23)20-15(16)19-13/h2-6,8H,7H2,1H3,(H3,16,17,19,20,23). The van der Waals surface area contributed by atoms with Crippen molar-refractivity contribution >= 4 is 29.1 Å². The molecule has 8 nitrogen and oxygen atoms in total. The molecule has 0 fully saturated rings. The lowest BCUT2D eigenvalue weighted by Crippen LogP contribution is -2.19. The third kappa shape index (κ3) is 3.00. The number of nitrogens with one attached hydrogen (secondary N) is 1. The minimum Gasteiger partial charge on any atom is -0.369 e. The van der Waals surface area contributed by atoms with Gasteiger partial charge >= 0.3 is 0 Å². The second-order valence-electron chi connectivity index (χ2n) is 5.05. The molecule has 0 saturated heterocycles. The van der Waals surface area contributed by atoms with Crippen LogP contribution in [0.1, 0.15) is 16.1 Å². The fourth-order valence-corrected chi connectivity index (χ4v) is 2.19. The first-order chi connectivity index (χ1) is 11.1. The van der Waals surface area contributed by atoms with Gasteiger partial charge in [0, 0.05) is 18.3 Å². The topological polar surface area (TPSA) is 118 Å². The summed E-state index contributed by atoms with van der Waals surface area (Å²) in [5, 5.41) is 0. The summed E-state index contributed by atoms with van der Waals surface area (Å²) >= 11 is 0. The maximum Gasteiger partial charge on any atom is 0.280 e. The third-order valence-corrected chi connectivity index (χ3v) is 3.36. The first kappa shape index (κ1) is 14.6. The number of fused-ring (bicyclic) bond motifs is 1. The molecule has 0 bridgehead atoms. The van der Waals surface area contributed by atoms with E-state index in [4.69, 9.17) is 5.73 Å². The molecule has 0 aliphatic heterocycles. The van der Waals surface area contributed by atoms with Crippen LogP contribution in [-0.2, 0) is 6.54 Å². The molecule has 0 unspecified atom stereocenters. The predicted molar refractivity (Wildman–Crippen MR) is 86.3 cm³/mol. The van der Waals surface area contributed by atoms with Crippen molar-refractivity contribution in [2.24, 2.45) is 0 Å². The van der Waals surface area contributed by atoms with Crippen LogP contribution >= 0.6 is 0 Å². The molecule has 3 aromatic rings. The average molecular weight is 310 g/mol. The molecule has 2 heterocycles. The highest BCUT2D eigenvalue weighted by molar-refractivity contribution is 5.75. The summed E-state index contributed by atoms with van der Waals surface area (Å²) in [5.41, 5.74) is 7.58. The van der Waals surface area contributed by atoms with E-state index in [1.807, 2.05) is 24.1 Å². The number of nitrogens with zero attached hydrogens (tertiary/aromatic N) is 4. The van der Waals surface area contributed by atoms with E-state index in [1.54, 1.807) is 18.3 Å². The molecule has 8 heteroatoms. The number of aromatic nitrogens is 4. The molecule has 0 aliphatic carbocycles. The van der Waals surface area contributed by atoms with E-state index in [0.717, 1.165) is 12.0 Å². The van der Waals surface area contributed by atoms with E-state index >= 15 is 0 Å². The SMILES string of the molecule is CN(Cc1cnc2nc(N)[nH]c(=O)c2n1)c1ccc(C=O)cc1. The van der Waals surface area contributed by atoms with Gasteiger partial charge in [-0.1, -0.05) is 0 Å². The zero-order chi connectivity index (χ0) is 16.4. The van der Waals surface area contributed by atoms with Crippen LogP contribution in [0.3, 0.4) is 0 Å². The van der Waals surface area contributed by atoms with E-state index in [0.29, 0.717) is 17.8 Å². The van der Waals surface area contributed by atoms with Gasteiger partial charge in [-0.3, -0.25) is 14.6 Å². The average Bonchev–Trinajstić information content (AvgIpc) is 2.55. The lowest BCUT2D eigenvalue weighted by molar-refractivity contribution is 0.112. The van der Waals surface area contributed by atoms with Crippen LogP contribution in [0.25, 0.3) is 11.2 Å². The zero-order valence-corrected chi connectivity index (χ0v) is 12.4. The maximum absolute atomic E-state index is 11.9. The summed E-state index contributed by atoms with van der Waals surface area (Å²) in [5.74, 6) is 0.0111. The van der Waals surface area contributed by atoms with Crippen LogP contribution in [0, 0.1) is 0 Å². The van der Waals surface area contributed by atoms with E-state index in [1.165, 1.54) is 0 Å². The quantitative estimate of drug-likeness (QED) is 0.682. The van der Waals surface area contributed by atoms with Gasteiger partial charge in [-0.15, -0.1) is 0 Å². The Hall–Kier alpha value is -3.29. The van der Waals surface area contributed by atoms with Gasteiger partial charge in [0.05, 0.1) is 18.4 Å². The number of aromatic amines is 1. The number of carbonyl (C=O) groups is 1. The number of anilines is 2. The van der Waals surface area contributed by atoms with Gasteiger partial charge in [0.1, 0.15) is 6.29 Å². The Kier molecular flexibility index (Phi) is 3.71. The van der Waals surface area contributed by atoms with Gasteiger partial charge in [0.2, 0.25) is 5.95 Å². The number of benzene rings is 1. The van der Waals surface area contributed by atoms with E-state index in [9.17, 15) is 9.59 Å². The fourth-order valence-electron chi connectivity index (χ4n) is 2.19. The minimum atomic E-state index is -0.417. The minimum absolute atomic E-state index is 0.0111. The molecule has 0 aliphatic rings. The Balaban J connectivity index is 1.88. The summed E-state index contributed by atoms with van der Waals surface area (Å²) in [6.07, 6.45) is 2.36. The van der Waals surface area contributed by atoms with Gasteiger partial charge < -0.3 is 10.6 Å². The van der Waals surface area contributed by atoms with Gasteiger partial charge in [-0.25, -0.2) is 9.97 Å². The highest BCUT2D eigenvalue weighted by Crippen LogP contribution is 2.15. The lowest BCUT2D eigenvalue weighted by atomic mass is 10.2. The molecule has 0 amide bonds. The maximum atomic E-state index is 11.9. The van der Waals surface area contributed by atoms with Crippen LogP contribution in [0.5, 0.6) is 0 Å². The first-order valence-electron chi connectivity index (χ1n) is 6.84. The highest BCUT2D eigenvalue weighted by atomic mass is 16.1. The number of carbonyl (C=O) groups excluding carboxylic acids is 1. The van der Waals surface area contributed by atoms with Crippen LogP contribution in [0.4, 0.5) is 11.6 Å². The first-order valence-corrected chi connectivity index (χ1v) is 6.84. The molecular weight excluding hydrogens is 296 g/mol. The number of H-pyrrole nitrogens is 1. The molecule has 0 spiro atoms. The van der Waals surface area contributed by atoms with E-state index in [2.05, 4.69) is 19.9 Å². The number of hydrogen-bond acceptors (Lipinski definition) is 7. The van der Waals surface area contributed by atoms with Crippen LogP contribution in [0.2, 0.25) is 0 Å². The molecule has 0 saturated carbocycles. The monoisotopic (exact) mass is 310 g/mol. The number of rotatable bonds is 4. The number of hydrogen-bond donors (Lipinski definition) is 2. The Bertz CT molecular complexity index is 919. The van der Waals surface area contributed by atoms with Crippen molar-refractivity contribution < 1.29 is 4.79 Å². The summed E-state index contributed by atoms with van der Waals surface area (Å²) in [6, 6.07) is 7.16. The second-order valence-corrected chi connectivity index (χ2v) is 5.05. The highest BCUT2D eigenvalue weighted by Gasteiger charge is 2.09. The smallest absolute Gasteiger partial charge is 0.280 e. The summed E-state index contributed by atoms with van der Waals surface area (Å²) < 4.78 is 0. The second kappa shape index (κ2) is 5.84. The van der Waals surface area contributed by atoms with Gasteiger partial charge in [0.25, 0.3) is 5.56 Å². The van der Waals surface area contributed by atoms with Crippen molar-refractivity contribution in [2.75, 3.05) is 17.7 Å². The number of nitrogens with two attached hydrogens (primary N) is 1. The van der Waals surface area contributed by atoms with Crippen molar-refractivity contribution in [2.45, 2.75) is 6.54 Å². The molecule has 23 heavy (non-hydrogen) atoms. The normalized spacial score (nSPS) is 10.7. The van der Waals surface area contributed by atoms with Crippen molar-refractivity contribution in [1.82, 2.24) is 19.9 Å². The summed E-state index contributed by atoms with van der Waals surface area (Å²) in [6.45, 7) is 0.452. The van der Waals surface area contributed by atoms with Crippen molar-refractivity contribution in [1.29, 1.82) is 0 Å². The van der Waals surface area contributed by atoms with Gasteiger partial charge in [-0.2, -0.15) is 4.98 Å². The molecule has 1 aromatic carbocycles. The van der Waals surface area contributed by atoms with E-state index in [-0.39, 0.29) is 17.1 Å². The van der Waals surface area contributed by atoms with Crippen molar-refractivity contribution in [3.63, 3.8) is 0 Å². The molecular formula is C15H14N6O2. The fraction of sp³-hybridized carbons (Fsp3) is 0.133. The lowest BCUT2D eigenvalue weighted by Gasteiger charge is -2.18. The predicted octanol–water partition coefficient (Wildman–Crippen LogP) is 0.744. The van der Waals surface area contributed by atoms with Crippen molar-refractivity contribution in [3.05, 3.63) is 52.1 Å². The van der Waals surface area contributed by atoms with Crippen LogP contribution in [0.15, 0.2) is 35.3 Å². The Morgan fingerprint density at radius 2 is 2.00 bits per heavy atom. The largest absolute Gasteiger partial charge is 0.369 e. The van der Waals surface area contributed by atoms with Crippen molar-refractivity contribution in [3.8, 4) is 0 Å². The number of aldehydes is 1. The summed E-state index contributed by atoms with van der Waals surface area (Å²) in [4.78, 5) is 39.2. The third-order valence-electron chi connectivity index (χ3n) is 3.36. The molecule has 116 valence electrons. The Morgan fingerprint density at radius 3 is 2.70 bits per heavy atom. The zero-order valence-electron chi connectivity index (χ0n) is 12.4. The molecule has 0 radical (unpaired) electrons. The van der Waals surface area contributed by atoms with E-state index < -0.39 is 5.56 Å². The Morgan fingerprint density at radius 1 is 1.26 bits per heavy atom. The van der Waals surface area contributed by atoms with Gasteiger partial charge in [0.15, 0.2) is 11.2 Å². The van der Waals surface area contributed by atoms with Crippen LogP contribution < -0.4 is 16.2 Å². The Labute approximate surface area is 131 Å². The molecule has 0 atom stereocenters. The van der Waals surface area contributed by atoms with Crippen LogP contribution in [-0.4, -0.2) is 33.3 Å². The number of nitrogen functional groups attached to an aromatic ring is 1.